The lowest BCUT2D eigenvalue weighted by atomic mass is 10.0. The first-order chi connectivity index (χ1) is 9.36. The van der Waals surface area contributed by atoms with Gasteiger partial charge in [-0.3, -0.25) is 4.79 Å². The molecule has 0 bridgehead atoms. The minimum absolute atomic E-state index is 0.000670. The number of esters is 1. The Morgan fingerprint density at radius 1 is 1.35 bits per heavy atom. The second-order valence-corrected chi connectivity index (χ2v) is 4.46. The number of amides is 1. The molecule has 0 spiro atoms. The van der Waals surface area contributed by atoms with Crippen LogP contribution < -0.4 is 5.32 Å². The predicted molar refractivity (Wildman–Crippen MR) is 62.2 cm³/mol. The highest BCUT2D eigenvalue weighted by Crippen LogP contribution is 2.09. The number of aldehydes is 1. The summed E-state index contributed by atoms with van der Waals surface area (Å²) < 4.78 is 4.68. The minimum atomic E-state index is -1.90. The first kappa shape index (κ1) is 16.5. The molecule has 0 aromatic carbocycles. The van der Waals surface area contributed by atoms with Gasteiger partial charge in [-0.15, -0.1) is 0 Å². The van der Waals surface area contributed by atoms with Gasteiger partial charge >= 0.3 is 5.97 Å². The molecular formula is C11H17NO8. The molecule has 1 aliphatic rings. The highest BCUT2D eigenvalue weighted by Gasteiger charge is 2.33. The molecule has 0 aromatic heterocycles. The van der Waals surface area contributed by atoms with Gasteiger partial charge in [0.2, 0.25) is 5.91 Å². The molecule has 9 nitrogen and oxygen atoms in total. The molecule has 1 saturated heterocycles. The zero-order valence-corrected chi connectivity index (χ0v) is 10.5. The molecule has 0 aromatic rings. The largest absolute Gasteiger partial charge is 0.461 e. The maximum Gasteiger partial charge on any atom is 0.328 e. The summed E-state index contributed by atoms with van der Waals surface area (Å²) >= 11 is 0. The van der Waals surface area contributed by atoms with Gasteiger partial charge in [0.25, 0.3) is 0 Å². The summed E-state index contributed by atoms with van der Waals surface area (Å²) in [6.45, 7) is -0.644. The van der Waals surface area contributed by atoms with Crippen LogP contribution in [0.4, 0.5) is 0 Å². The molecule has 0 saturated carbocycles. The van der Waals surface area contributed by atoms with Crippen molar-refractivity contribution in [3.05, 3.63) is 0 Å². The normalized spacial score (nSPS) is 24.4. The van der Waals surface area contributed by atoms with E-state index in [1.165, 1.54) is 0 Å². The molecule has 5 N–H and O–H groups in total. The van der Waals surface area contributed by atoms with Crippen LogP contribution in [-0.2, 0) is 19.1 Å². The van der Waals surface area contributed by atoms with Crippen molar-refractivity contribution in [1.29, 1.82) is 0 Å². The van der Waals surface area contributed by atoms with Gasteiger partial charge in [0, 0.05) is 6.42 Å². The number of nitrogens with one attached hydrogen (secondary N) is 1. The van der Waals surface area contributed by atoms with Gasteiger partial charge in [0.15, 0.2) is 6.29 Å². The topological polar surface area (TPSA) is 153 Å². The van der Waals surface area contributed by atoms with Crippen LogP contribution in [-0.4, -0.2) is 75.7 Å². The van der Waals surface area contributed by atoms with Gasteiger partial charge < -0.3 is 35.3 Å². The number of carbonyl (C=O) groups excluding carboxylic acids is 3. The average molecular weight is 291 g/mol. The predicted octanol–water partition coefficient (Wildman–Crippen LogP) is -3.55. The van der Waals surface area contributed by atoms with Gasteiger partial charge in [-0.2, -0.15) is 0 Å². The smallest absolute Gasteiger partial charge is 0.328 e. The van der Waals surface area contributed by atoms with Gasteiger partial charge in [0.05, 0.1) is 0 Å². The maximum atomic E-state index is 11.5. The second-order valence-electron chi connectivity index (χ2n) is 4.46. The highest BCUT2D eigenvalue weighted by molar-refractivity contribution is 5.88. The van der Waals surface area contributed by atoms with E-state index in [9.17, 15) is 29.7 Å². The van der Waals surface area contributed by atoms with Crippen molar-refractivity contribution in [2.75, 3.05) is 6.61 Å². The van der Waals surface area contributed by atoms with E-state index in [1.54, 1.807) is 0 Å². The molecule has 0 unspecified atom stereocenters. The molecule has 1 heterocycles. The first-order valence-corrected chi connectivity index (χ1v) is 6.00. The van der Waals surface area contributed by atoms with Crippen LogP contribution in [0.2, 0.25) is 0 Å². The van der Waals surface area contributed by atoms with Crippen LogP contribution in [0.3, 0.4) is 0 Å². The Morgan fingerprint density at radius 3 is 2.50 bits per heavy atom. The maximum absolute atomic E-state index is 11.5. The van der Waals surface area contributed by atoms with Crippen molar-refractivity contribution in [1.82, 2.24) is 5.32 Å². The van der Waals surface area contributed by atoms with Crippen molar-refractivity contribution in [3.8, 4) is 0 Å². The second kappa shape index (κ2) is 7.29. The van der Waals surface area contributed by atoms with Gasteiger partial charge in [-0.1, -0.05) is 0 Å². The average Bonchev–Trinajstić information content (AvgIpc) is 2.88. The van der Waals surface area contributed by atoms with Crippen LogP contribution in [0.15, 0.2) is 0 Å². The zero-order valence-electron chi connectivity index (χ0n) is 10.5. The molecule has 0 radical (unpaired) electrons. The summed E-state index contributed by atoms with van der Waals surface area (Å²) in [4.78, 5) is 32.6. The molecule has 1 fully saturated rings. The van der Waals surface area contributed by atoms with Crippen LogP contribution >= 0.6 is 0 Å². The molecule has 114 valence electrons. The van der Waals surface area contributed by atoms with Crippen molar-refractivity contribution in [2.24, 2.45) is 0 Å². The van der Waals surface area contributed by atoms with Gasteiger partial charge in [0.1, 0.15) is 37.1 Å². The molecule has 1 rings (SSSR count). The summed E-state index contributed by atoms with van der Waals surface area (Å²) in [6.07, 6.45) is -6.81. The van der Waals surface area contributed by atoms with Gasteiger partial charge in [-0.05, 0) is 6.42 Å². The van der Waals surface area contributed by atoms with Crippen LogP contribution in [0, 0.1) is 0 Å². The van der Waals surface area contributed by atoms with Crippen LogP contribution in [0.5, 0.6) is 0 Å². The lowest BCUT2D eigenvalue weighted by Crippen LogP contribution is -2.47. The summed E-state index contributed by atoms with van der Waals surface area (Å²) in [5, 5.41) is 39.5. The summed E-state index contributed by atoms with van der Waals surface area (Å²) in [5.41, 5.74) is 0. The number of carbonyl (C=O) groups is 3. The SMILES string of the molecule is O=C[C@H](O)[C@@H](O)[C@H](O)[C@H](O)COC(=O)[C@@H]1CCC(=O)N1. The number of aliphatic hydroxyl groups excluding tert-OH is 4. The van der Waals surface area contributed by atoms with E-state index in [4.69, 9.17) is 5.11 Å². The molecule has 20 heavy (non-hydrogen) atoms. The third-order valence-electron chi connectivity index (χ3n) is 2.91. The molecule has 1 amide bonds. The molecular weight excluding hydrogens is 274 g/mol. The Labute approximate surface area is 114 Å². The van der Waals surface area contributed by atoms with Crippen molar-refractivity contribution in [2.45, 2.75) is 43.3 Å². The van der Waals surface area contributed by atoms with Crippen molar-refractivity contribution in [3.63, 3.8) is 0 Å². The van der Waals surface area contributed by atoms with E-state index in [1.807, 2.05) is 0 Å². The Hall–Kier alpha value is -1.55. The molecule has 9 heteroatoms. The fourth-order valence-electron chi connectivity index (χ4n) is 1.67. The quantitative estimate of drug-likeness (QED) is 0.239. The number of rotatable bonds is 7. The Kier molecular flexibility index (Phi) is 6.02. The summed E-state index contributed by atoms with van der Waals surface area (Å²) in [6, 6.07) is -0.794. The summed E-state index contributed by atoms with van der Waals surface area (Å²) in [7, 11) is 0. The number of hydrogen-bond donors (Lipinski definition) is 5. The molecule has 1 aliphatic heterocycles. The van der Waals surface area contributed by atoms with E-state index >= 15 is 0 Å². The Bertz CT molecular complexity index is 373. The number of hydrogen-bond acceptors (Lipinski definition) is 8. The van der Waals surface area contributed by atoms with Crippen molar-refractivity contribution < 1.29 is 39.5 Å². The van der Waals surface area contributed by atoms with Crippen molar-refractivity contribution >= 4 is 18.2 Å². The fourth-order valence-corrected chi connectivity index (χ4v) is 1.67. The molecule has 0 aliphatic carbocycles. The van der Waals surface area contributed by atoms with E-state index in [0.717, 1.165) is 0 Å². The van der Waals surface area contributed by atoms with Crippen LogP contribution in [0.25, 0.3) is 0 Å². The Morgan fingerprint density at radius 2 is 2.00 bits per heavy atom. The van der Waals surface area contributed by atoms with E-state index in [2.05, 4.69) is 10.1 Å². The third-order valence-corrected chi connectivity index (χ3v) is 2.91. The van der Waals surface area contributed by atoms with E-state index in [-0.39, 0.29) is 25.0 Å². The fraction of sp³-hybridized carbons (Fsp3) is 0.727. The Balaban J connectivity index is 2.38. The van der Waals surface area contributed by atoms with Crippen LogP contribution in [0.1, 0.15) is 12.8 Å². The highest BCUT2D eigenvalue weighted by atomic mass is 16.5. The number of ether oxygens (including phenoxy) is 1. The lowest BCUT2D eigenvalue weighted by Gasteiger charge is -2.24. The first-order valence-electron chi connectivity index (χ1n) is 6.00. The zero-order chi connectivity index (χ0) is 15.3. The third kappa shape index (κ3) is 4.23. The number of aliphatic hydroxyl groups is 4. The standard InChI is InChI=1S/C11H17NO8/c13-3-6(14)9(17)10(18)7(15)4-20-11(19)5-1-2-8(16)12-5/h3,5-7,9-10,14-15,17-18H,1-2,4H2,(H,12,16)/t5-,6-,7+,9+,10+/m0/s1. The lowest BCUT2D eigenvalue weighted by molar-refractivity contribution is -0.158. The minimum Gasteiger partial charge on any atom is -0.461 e. The summed E-state index contributed by atoms with van der Waals surface area (Å²) in [5.74, 6) is -1.05. The molecule has 5 atom stereocenters. The van der Waals surface area contributed by atoms with Gasteiger partial charge in [-0.25, -0.2) is 4.79 Å². The van der Waals surface area contributed by atoms with E-state index in [0.29, 0.717) is 0 Å². The van der Waals surface area contributed by atoms with E-state index < -0.39 is 43.0 Å². The monoisotopic (exact) mass is 291 g/mol.